The van der Waals surface area contributed by atoms with E-state index in [9.17, 15) is 14.0 Å². The summed E-state index contributed by atoms with van der Waals surface area (Å²) in [6, 6.07) is 4.42. The number of halogens is 1. The zero-order valence-electron chi connectivity index (χ0n) is 15.1. The predicted octanol–water partition coefficient (Wildman–Crippen LogP) is 1.99. The molecule has 0 atom stereocenters. The lowest BCUT2D eigenvalue weighted by molar-refractivity contribution is -0.128. The molecule has 1 aliphatic rings. The molecule has 27 heavy (non-hydrogen) atoms. The van der Waals surface area contributed by atoms with Crippen LogP contribution >= 0.6 is 23.9 Å². The van der Waals surface area contributed by atoms with Crippen molar-refractivity contribution in [1.29, 1.82) is 0 Å². The number of hydrogen-bond donors (Lipinski definition) is 3. The molecule has 148 valence electrons. The lowest BCUT2D eigenvalue weighted by Gasteiger charge is -2.34. The summed E-state index contributed by atoms with van der Waals surface area (Å²) in [6.45, 7) is 3.50. The highest BCUT2D eigenvalue weighted by Crippen LogP contribution is 2.21. The van der Waals surface area contributed by atoms with Crippen molar-refractivity contribution in [3.8, 4) is 0 Å². The Bertz CT molecular complexity index is 709. The van der Waals surface area contributed by atoms with Crippen molar-refractivity contribution in [2.45, 2.75) is 13.3 Å². The van der Waals surface area contributed by atoms with E-state index in [1.807, 2.05) is 6.92 Å². The Kier molecular flexibility index (Phi) is 8.26. The Morgan fingerprint density at radius 3 is 2.52 bits per heavy atom. The average molecular weight is 414 g/mol. The molecule has 0 aliphatic carbocycles. The van der Waals surface area contributed by atoms with Gasteiger partial charge in [-0.15, -0.1) is 0 Å². The molecule has 0 spiro atoms. The van der Waals surface area contributed by atoms with Crippen molar-refractivity contribution in [1.82, 2.24) is 9.80 Å². The van der Waals surface area contributed by atoms with Crippen LogP contribution in [0.4, 0.5) is 10.1 Å². The number of carbonyl (C=O) groups is 2. The highest BCUT2D eigenvalue weighted by molar-refractivity contribution is 8.00. The predicted molar refractivity (Wildman–Crippen MR) is 109 cm³/mol. The highest BCUT2D eigenvalue weighted by atomic mass is 32.2. The zero-order chi connectivity index (χ0) is 19.8. The minimum atomic E-state index is -0.463. The van der Waals surface area contributed by atoms with E-state index in [0.717, 1.165) is 24.1 Å². The van der Waals surface area contributed by atoms with E-state index in [4.69, 9.17) is 10.9 Å². The monoisotopic (exact) mass is 413 g/mol. The van der Waals surface area contributed by atoms with Crippen LogP contribution < -0.4 is 15.6 Å². The van der Waals surface area contributed by atoms with Gasteiger partial charge < -0.3 is 20.3 Å². The number of benzene rings is 1. The Labute approximate surface area is 167 Å². The molecule has 1 heterocycles. The van der Waals surface area contributed by atoms with Crippen LogP contribution in [0.5, 0.6) is 0 Å². The van der Waals surface area contributed by atoms with Crippen LogP contribution in [0.2, 0.25) is 0 Å². The zero-order valence-corrected chi connectivity index (χ0v) is 16.7. The molecule has 1 saturated heterocycles. The number of nitrogens with zero attached hydrogens (tertiary/aromatic N) is 2. The number of anilines is 1. The maximum atomic E-state index is 14.2. The van der Waals surface area contributed by atoms with Crippen LogP contribution in [0.3, 0.4) is 0 Å². The van der Waals surface area contributed by atoms with Crippen molar-refractivity contribution in [2.24, 2.45) is 10.9 Å². The number of piperazine rings is 1. The van der Waals surface area contributed by atoms with Crippen molar-refractivity contribution in [2.75, 3.05) is 36.7 Å². The molecule has 1 fully saturated rings. The number of nitrogens with one attached hydrogen (secondary N) is 1. The fraction of sp³-hybridized carbons (Fsp3) is 0.412. The largest absolute Gasteiger partial charge is 0.394 e. The first-order valence-electron chi connectivity index (χ1n) is 8.55. The Balaban J connectivity index is 1.94. The van der Waals surface area contributed by atoms with Crippen molar-refractivity contribution < 1.29 is 14.0 Å². The Morgan fingerprint density at radius 2 is 1.93 bits per heavy atom. The average Bonchev–Trinajstić information content (AvgIpc) is 2.68. The van der Waals surface area contributed by atoms with Gasteiger partial charge >= 0.3 is 0 Å². The summed E-state index contributed by atoms with van der Waals surface area (Å²) in [4.78, 5) is 27.9. The van der Waals surface area contributed by atoms with Crippen molar-refractivity contribution in [3.63, 3.8) is 0 Å². The third-order valence-electron chi connectivity index (χ3n) is 4.00. The van der Waals surface area contributed by atoms with Crippen molar-refractivity contribution in [3.05, 3.63) is 40.7 Å². The van der Waals surface area contributed by atoms with E-state index >= 15 is 0 Å². The molecule has 5 N–H and O–H groups in total. The van der Waals surface area contributed by atoms with E-state index in [0.29, 0.717) is 31.9 Å². The molecule has 1 aliphatic heterocycles. The van der Waals surface area contributed by atoms with E-state index in [2.05, 4.69) is 4.72 Å². The van der Waals surface area contributed by atoms with E-state index in [1.54, 1.807) is 21.9 Å². The molecule has 0 aromatic heterocycles. The summed E-state index contributed by atoms with van der Waals surface area (Å²) >= 11 is 2.30. The maximum absolute atomic E-state index is 14.2. The fourth-order valence-electron chi connectivity index (χ4n) is 2.56. The number of hydrogen-bond acceptors (Lipinski definition) is 7. The molecular formula is C17H24FN5O2S2. The quantitative estimate of drug-likeness (QED) is 0.357. The van der Waals surface area contributed by atoms with Gasteiger partial charge in [0, 0.05) is 42.9 Å². The highest BCUT2D eigenvalue weighted by Gasteiger charge is 2.26. The lowest BCUT2D eigenvalue weighted by atomic mass is 10.1. The van der Waals surface area contributed by atoms with Crippen LogP contribution in [-0.2, 0) is 4.79 Å². The second-order valence-corrected chi connectivity index (χ2v) is 7.35. The minimum absolute atomic E-state index is 0.0772. The molecule has 7 nitrogen and oxygen atoms in total. The van der Waals surface area contributed by atoms with Crippen LogP contribution in [0.15, 0.2) is 29.3 Å². The molecule has 1 aromatic rings. The summed E-state index contributed by atoms with van der Waals surface area (Å²) < 4.78 is 17.1. The van der Waals surface area contributed by atoms with Gasteiger partial charge in [-0.3, -0.25) is 14.7 Å². The number of rotatable bonds is 7. The SMILES string of the molecule is CCCSNc1ccc(C(=O)N2CCN(C(=O)/C(N)=C/SN)CC2)cc1F. The van der Waals surface area contributed by atoms with Gasteiger partial charge in [0.25, 0.3) is 11.8 Å². The number of carbonyl (C=O) groups excluding carboxylic acids is 2. The third kappa shape index (κ3) is 5.78. The molecular weight excluding hydrogens is 389 g/mol. The number of nitrogens with two attached hydrogens (primary N) is 2. The smallest absolute Gasteiger partial charge is 0.270 e. The van der Waals surface area contributed by atoms with Gasteiger partial charge in [-0.25, -0.2) is 4.39 Å². The Morgan fingerprint density at radius 1 is 1.26 bits per heavy atom. The summed E-state index contributed by atoms with van der Waals surface area (Å²) in [5, 5.41) is 6.67. The van der Waals surface area contributed by atoms with Crippen LogP contribution in [-0.4, -0.2) is 53.5 Å². The second kappa shape index (κ2) is 10.4. The van der Waals surface area contributed by atoms with Crippen LogP contribution in [0.1, 0.15) is 23.7 Å². The molecule has 0 bridgehead atoms. The van der Waals surface area contributed by atoms with Crippen LogP contribution in [0.25, 0.3) is 0 Å². The molecule has 2 rings (SSSR count). The first-order chi connectivity index (χ1) is 13.0. The molecule has 2 amide bonds. The second-order valence-electron chi connectivity index (χ2n) is 5.94. The standard InChI is InChI=1S/C17H24FN5O2S2/c1-2-9-27-21-15-4-3-12(10-13(15)18)16(24)22-5-7-23(8-6-22)17(25)14(19)11-26-20/h3-4,10-11,21H,2,5-9,19-20H2,1H3/b14-11-. The summed E-state index contributed by atoms with van der Waals surface area (Å²) in [5.41, 5.74) is 6.39. The summed E-state index contributed by atoms with van der Waals surface area (Å²) in [5.74, 6) is -0.149. The summed E-state index contributed by atoms with van der Waals surface area (Å²) in [7, 11) is 0. The first-order valence-corrected chi connectivity index (χ1v) is 10.5. The molecule has 0 saturated carbocycles. The third-order valence-corrected chi connectivity index (χ3v) is 5.37. The van der Waals surface area contributed by atoms with Crippen molar-refractivity contribution >= 4 is 41.4 Å². The molecule has 10 heteroatoms. The van der Waals surface area contributed by atoms with Gasteiger partial charge in [-0.1, -0.05) is 30.8 Å². The summed E-state index contributed by atoms with van der Waals surface area (Å²) in [6.07, 6.45) is 0.983. The van der Waals surface area contributed by atoms with Crippen LogP contribution in [0, 0.1) is 5.82 Å². The first kappa shape index (κ1) is 21.4. The van der Waals surface area contributed by atoms with E-state index in [1.165, 1.54) is 23.4 Å². The maximum Gasteiger partial charge on any atom is 0.270 e. The molecule has 0 radical (unpaired) electrons. The van der Waals surface area contributed by atoms with Gasteiger partial charge in [0.05, 0.1) is 5.69 Å². The van der Waals surface area contributed by atoms with E-state index < -0.39 is 5.82 Å². The van der Waals surface area contributed by atoms with Gasteiger partial charge in [0.15, 0.2) is 0 Å². The van der Waals surface area contributed by atoms with Gasteiger partial charge in [0.1, 0.15) is 11.5 Å². The molecule has 0 unspecified atom stereocenters. The lowest BCUT2D eigenvalue weighted by Crippen LogP contribution is -2.51. The van der Waals surface area contributed by atoms with Gasteiger partial charge in [0.2, 0.25) is 0 Å². The number of amides is 2. The molecule has 1 aromatic carbocycles. The van der Waals surface area contributed by atoms with E-state index in [-0.39, 0.29) is 23.1 Å². The topological polar surface area (TPSA) is 105 Å². The minimum Gasteiger partial charge on any atom is -0.394 e. The van der Waals surface area contributed by atoms with Gasteiger partial charge in [-0.05, 0) is 24.6 Å². The fourth-order valence-corrected chi connectivity index (χ4v) is 3.44. The Hall–Kier alpha value is -1.91. The van der Waals surface area contributed by atoms with Gasteiger partial charge in [-0.2, -0.15) is 0 Å². The normalized spacial score (nSPS) is 15.0.